The summed E-state index contributed by atoms with van der Waals surface area (Å²) >= 11 is 0. The van der Waals surface area contributed by atoms with Crippen LogP contribution in [0.25, 0.3) is 5.69 Å². The van der Waals surface area contributed by atoms with Crippen molar-refractivity contribution in [2.24, 2.45) is 0 Å². The second-order valence-electron chi connectivity index (χ2n) is 5.85. The molecule has 0 unspecified atom stereocenters. The molecule has 120 valence electrons. The topological polar surface area (TPSA) is 76.0 Å². The normalized spacial score (nSPS) is 17.7. The maximum atomic E-state index is 12.3. The lowest BCUT2D eigenvalue weighted by Crippen LogP contribution is -2.50. The second kappa shape index (κ2) is 6.24. The molecule has 6 nitrogen and oxygen atoms in total. The van der Waals surface area contributed by atoms with Gasteiger partial charge in [0.05, 0.1) is 11.4 Å². The molecule has 3 rings (SSSR count). The van der Waals surface area contributed by atoms with Crippen molar-refractivity contribution in [3.63, 3.8) is 0 Å². The number of benzene rings is 1. The number of aryl methyl sites for hydroxylation is 2. The fraction of sp³-hybridized carbons (Fsp3) is 0.353. The highest BCUT2D eigenvalue weighted by molar-refractivity contribution is 5.97. The lowest BCUT2D eigenvalue weighted by atomic mass is 10.1. The highest BCUT2D eigenvalue weighted by atomic mass is 16.2. The van der Waals surface area contributed by atoms with E-state index in [1.807, 2.05) is 36.7 Å². The van der Waals surface area contributed by atoms with E-state index in [0.717, 1.165) is 23.5 Å². The molecule has 1 aromatic carbocycles. The maximum absolute atomic E-state index is 12.3. The molecule has 1 aliphatic rings. The Kier molecular flexibility index (Phi) is 4.14. The van der Waals surface area contributed by atoms with E-state index in [9.17, 15) is 9.59 Å². The number of hydrogen-bond acceptors (Lipinski definition) is 3. The van der Waals surface area contributed by atoms with Gasteiger partial charge in [-0.15, -0.1) is 0 Å². The molecule has 2 amide bonds. The molecule has 0 aliphatic carbocycles. The first-order valence-corrected chi connectivity index (χ1v) is 7.77. The highest BCUT2D eigenvalue weighted by Crippen LogP contribution is 2.13. The van der Waals surface area contributed by atoms with Crippen molar-refractivity contribution in [1.82, 2.24) is 20.4 Å². The molecule has 2 N–H and O–H groups in total. The lowest BCUT2D eigenvalue weighted by molar-refractivity contribution is -0.124. The van der Waals surface area contributed by atoms with E-state index in [-0.39, 0.29) is 11.8 Å². The van der Waals surface area contributed by atoms with Crippen molar-refractivity contribution in [2.75, 3.05) is 6.54 Å². The summed E-state index contributed by atoms with van der Waals surface area (Å²) in [6.07, 6.45) is 1.56. The van der Waals surface area contributed by atoms with Crippen molar-refractivity contribution in [3.05, 3.63) is 47.3 Å². The number of nitrogens with one attached hydrogen (secondary N) is 2. The third kappa shape index (κ3) is 3.26. The number of piperidine rings is 1. The van der Waals surface area contributed by atoms with Gasteiger partial charge in [-0.2, -0.15) is 5.10 Å². The van der Waals surface area contributed by atoms with E-state index in [4.69, 9.17) is 0 Å². The summed E-state index contributed by atoms with van der Waals surface area (Å²) in [5, 5.41) is 9.97. The summed E-state index contributed by atoms with van der Waals surface area (Å²) in [6.45, 7) is 4.62. The van der Waals surface area contributed by atoms with Gasteiger partial charge in [0.25, 0.3) is 5.91 Å². The fourth-order valence-corrected chi connectivity index (χ4v) is 2.80. The van der Waals surface area contributed by atoms with Gasteiger partial charge in [0.2, 0.25) is 5.91 Å². The third-order valence-corrected chi connectivity index (χ3v) is 3.97. The minimum absolute atomic E-state index is 0.108. The number of rotatable bonds is 3. The monoisotopic (exact) mass is 312 g/mol. The van der Waals surface area contributed by atoms with Crippen LogP contribution in [0.4, 0.5) is 0 Å². The average molecular weight is 312 g/mol. The summed E-state index contributed by atoms with van der Waals surface area (Å²) in [4.78, 5) is 24.0. The molecular formula is C17H20N4O2. The van der Waals surface area contributed by atoms with Crippen LogP contribution in [0.1, 0.15) is 34.6 Å². The van der Waals surface area contributed by atoms with Gasteiger partial charge in [0, 0.05) is 17.8 Å². The number of amides is 2. The number of nitrogens with zero attached hydrogens (tertiary/aromatic N) is 2. The molecule has 0 saturated carbocycles. The van der Waals surface area contributed by atoms with Gasteiger partial charge >= 0.3 is 0 Å². The largest absolute Gasteiger partial charge is 0.354 e. The van der Waals surface area contributed by atoms with Gasteiger partial charge in [0.1, 0.15) is 6.04 Å². The molecular weight excluding hydrogens is 292 g/mol. The summed E-state index contributed by atoms with van der Waals surface area (Å²) in [5.41, 5.74) is 3.43. The van der Waals surface area contributed by atoms with Crippen LogP contribution in [0, 0.1) is 13.8 Å². The molecule has 1 fully saturated rings. The van der Waals surface area contributed by atoms with Crippen LogP contribution in [0.15, 0.2) is 30.3 Å². The zero-order chi connectivity index (χ0) is 16.4. The van der Waals surface area contributed by atoms with Crippen LogP contribution < -0.4 is 10.6 Å². The molecule has 23 heavy (non-hydrogen) atoms. The fourth-order valence-electron chi connectivity index (χ4n) is 2.80. The van der Waals surface area contributed by atoms with Gasteiger partial charge in [0.15, 0.2) is 0 Å². The van der Waals surface area contributed by atoms with Gasteiger partial charge in [-0.25, -0.2) is 4.68 Å². The van der Waals surface area contributed by atoms with Gasteiger partial charge < -0.3 is 10.6 Å². The van der Waals surface area contributed by atoms with Crippen LogP contribution in [0.3, 0.4) is 0 Å². The van der Waals surface area contributed by atoms with Crippen molar-refractivity contribution in [1.29, 1.82) is 0 Å². The maximum Gasteiger partial charge on any atom is 0.251 e. The zero-order valence-corrected chi connectivity index (χ0v) is 13.3. The van der Waals surface area contributed by atoms with Crippen LogP contribution in [0.5, 0.6) is 0 Å². The standard InChI is InChI=1S/C17H20N4O2/c1-11-10-12(2)21(20-11)14-7-5-13(6-8-14)16(22)19-15-4-3-9-18-17(15)23/h5-8,10,15H,3-4,9H2,1-2H3,(H,18,23)(H,19,22)/t15-/m0/s1. The van der Waals surface area contributed by atoms with Gasteiger partial charge in [-0.05, 0) is 57.0 Å². The first kappa shape index (κ1) is 15.3. The third-order valence-electron chi connectivity index (χ3n) is 3.97. The molecule has 1 saturated heterocycles. The van der Waals surface area contributed by atoms with Crippen molar-refractivity contribution in [2.45, 2.75) is 32.7 Å². The summed E-state index contributed by atoms with van der Waals surface area (Å²) in [6, 6.07) is 8.78. The Morgan fingerprint density at radius 2 is 2.04 bits per heavy atom. The van der Waals surface area contributed by atoms with E-state index in [1.165, 1.54) is 0 Å². The Morgan fingerprint density at radius 3 is 2.65 bits per heavy atom. The van der Waals surface area contributed by atoms with E-state index >= 15 is 0 Å². The average Bonchev–Trinajstić information content (AvgIpc) is 2.88. The molecule has 1 aliphatic heterocycles. The highest BCUT2D eigenvalue weighted by Gasteiger charge is 2.23. The summed E-state index contributed by atoms with van der Waals surface area (Å²) < 4.78 is 1.84. The first-order valence-electron chi connectivity index (χ1n) is 7.77. The Hall–Kier alpha value is -2.63. The van der Waals surface area contributed by atoms with Crippen molar-refractivity contribution < 1.29 is 9.59 Å². The second-order valence-corrected chi connectivity index (χ2v) is 5.85. The minimum atomic E-state index is -0.438. The molecule has 0 spiro atoms. The van der Waals surface area contributed by atoms with Crippen LogP contribution in [-0.4, -0.2) is 34.2 Å². The SMILES string of the molecule is Cc1cc(C)n(-c2ccc(C(=O)N[C@H]3CCCNC3=O)cc2)n1. The van der Waals surface area contributed by atoms with E-state index in [1.54, 1.807) is 12.1 Å². The summed E-state index contributed by atoms with van der Waals surface area (Å²) in [5.74, 6) is -0.337. The van der Waals surface area contributed by atoms with E-state index < -0.39 is 6.04 Å². The van der Waals surface area contributed by atoms with E-state index in [0.29, 0.717) is 18.5 Å². The number of hydrogen-bond donors (Lipinski definition) is 2. The van der Waals surface area contributed by atoms with E-state index in [2.05, 4.69) is 15.7 Å². The Labute approximate surface area is 134 Å². The Balaban J connectivity index is 1.72. The van der Waals surface area contributed by atoms with Crippen LogP contribution in [-0.2, 0) is 4.79 Å². The van der Waals surface area contributed by atoms with Crippen molar-refractivity contribution >= 4 is 11.8 Å². The molecule has 1 atom stereocenters. The Morgan fingerprint density at radius 1 is 1.30 bits per heavy atom. The van der Waals surface area contributed by atoms with Crippen molar-refractivity contribution in [3.8, 4) is 5.69 Å². The van der Waals surface area contributed by atoms with Crippen LogP contribution in [0.2, 0.25) is 0 Å². The predicted molar refractivity (Wildman–Crippen MR) is 86.5 cm³/mol. The van der Waals surface area contributed by atoms with Crippen LogP contribution >= 0.6 is 0 Å². The molecule has 1 aromatic heterocycles. The Bertz CT molecular complexity index is 734. The number of carbonyl (C=O) groups is 2. The summed E-state index contributed by atoms with van der Waals surface area (Å²) in [7, 11) is 0. The smallest absolute Gasteiger partial charge is 0.251 e. The zero-order valence-electron chi connectivity index (χ0n) is 13.3. The molecule has 2 aromatic rings. The molecule has 2 heterocycles. The number of carbonyl (C=O) groups excluding carboxylic acids is 2. The molecule has 0 bridgehead atoms. The molecule has 0 radical (unpaired) electrons. The molecule has 6 heteroatoms. The van der Waals surface area contributed by atoms with Gasteiger partial charge in [-0.3, -0.25) is 9.59 Å². The quantitative estimate of drug-likeness (QED) is 0.902. The van der Waals surface area contributed by atoms with Gasteiger partial charge in [-0.1, -0.05) is 0 Å². The first-order chi connectivity index (χ1) is 11.0. The lowest BCUT2D eigenvalue weighted by Gasteiger charge is -2.22. The number of aromatic nitrogens is 2. The predicted octanol–water partition coefficient (Wildman–Crippen LogP) is 1.50. The minimum Gasteiger partial charge on any atom is -0.354 e.